The second kappa shape index (κ2) is 4.46. The first-order chi connectivity index (χ1) is 8.69. The van der Waals surface area contributed by atoms with Gasteiger partial charge in [0.25, 0.3) is 0 Å². The van der Waals surface area contributed by atoms with Gasteiger partial charge in [0.05, 0.1) is 10.2 Å². The van der Waals surface area contributed by atoms with Crippen LogP contribution in [0.15, 0.2) is 11.4 Å². The largest absolute Gasteiger partial charge is 0.396 e. The number of carbonyl (C=O) groups is 1. The van der Waals surface area contributed by atoms with Crippen LogP contribution in [0.5, 0.6) is 0 Å². The zero-order valence-electron chi connectivity index (χ0n) is 9.34. The van der Waals surface area contributed by atoms with Gasteiger partial charge in [-0.05, 0) is 23.0 Å². The third-order valence-electron chi connectivity index (χ3n) is 2.98. The molecule has 5 nitrogen and oxygen atoms in total. The molecule has 1 aliphatic rings. The molecule has 0 radical (unpaired) electrons. The first kappa shape index (κ1) is 11.8. The van der Waals surface area contributed by atoms with Gasteiger partial charge in [0.15, 0.2) is 5.82 Å². The highest BCUT2D eigenvalue weighted by Gasteiger charge is 2.32. The number of rotatable bonds is 2. The predicted molar refractivity (Wildman–Crippen MR) is 70.0 cm³/mol. The Balaban J connectivity index is 2.09. The number of hydrogen-bond acceptors (Lipinski definition) is 5. The smallest absolute Gasteiger partial charge is 0.228 e. The fourth-order valence-electron chi connectivity index (χ4n) is 2.11. The number of anilines is 1. The molecule has 1 atom stereocenters. The number of aliphatic hydroxyl groups is 1. The molecule has 1 fully saturated rings. The zero-order chi connectivity index (χ0) is 12.7. The Kier molecular flexibility index (Phi) is 2.93. The van der Waals surface area contributed by atoms with Gasteiger partial charge in [0, 0.05) is 25.5 Å². The van der Waals surface area contributed by atoms with Gasteiger partial charge in [-0.3, -0.25) is 9.69 Å². The van der Waals surface area contributed by atoms with Crippen molar-refractivity contribution in [1.82, 2.24) is 9.97 Å². The second-order valence-electron chi connectivity index (χ2n) is 4.21. The number of nitrogens with zero attached hydrogens (tertiary/aromatic N) is 3. The topological polar surface area (TPSA) is 66.3 Å². The maximum atomic E-state index is 11.9. The molecule has 1 aliphatic heterocycles. The summed E-state index contributed by atoms with van der Waals surface area (Å²) in [5.41, 5.74) is 0.746. The monoisotopic (exact) mass is 283 g/mol. The summed E-state index contributed by atoms with van der Waals surface area (Å²) in [4.78, 5) is 21.8. The van der Waals surface area contributed by atoms with Gasteiger partial charge >= 0.3 is 0 Å². The van der Waals surface area contributed by atoms with Crippen molar-refractivity contribution in [1.29, 1.82) is 0 Å². The molecule has 18 heavy (non-hydrogen) atoms. The van der Waals surface area contributed by atoms with Crippen molar-refractivity contribution in [3.63, 3.8) is 0 Å². The number of thiophene rings is 1. The van der Waals surface area contributed by atoms with E-state index in [-0.39, 0.29) is 23.7 Å². The standard InChI is InChI=1S/C11H10ClN3O2S/c12-11-13-7-1-2-18-9(7)10(14-11)15-4-6(5-16)3-8(15)17/h1-2,6,16H,3-5H2. The van der Waals surface area contributed by atoms with Crippen molar-refractivity contribution in [3.05, 3.63) is 16.7 Å². The minimum atomic E-state index is -0.0292. The molecule has 0 bridgehead atoms. The Hall–Kier alpha value is -1.24. The highest BCUT2D eigenvalue weighted by atomic mass is 35.5. The number of amides is 1. The van der Waals surface area contributed by atoms with Crippen molar-refractivity contribution < 1.29 is 9.90 Å². The molecular weight excluding hydrogens is 274 g/mol. The lowest BCUT2D eigenvalue weighted by atomic mass is 10.1. The van der Waals surface area contributed by atoms with E-state index < -0.39 is 0 Å². The normalized spacial score (nSPS) is 20.0. The van der Waals surface area contributed by atoms with Crippen molar-refractivity contribution in [2.45, 2.75) is 6.42 Å². The highest BCUT2D eigenvalue weighted by molar-refractivity contribution is 7.17. The van der Waals surface area contributed by atoms with Gasteiger partial charge in [0.1, 0.15) is 0 Å². The summed E-state index contributed by atoms with van der Waals surface area (Å²) >= 11 is 7.35. The SMILES string of the molecule is O=C1CC(CO)CN1c1nc(Cl)nc2ccsc12. The molecule has 3 heterocycles. The van der Waals surface area contributed by atoms with Crippen LogP contribution in [-0.2, 0) is 4.79 Å². The van der Waals surface area contributed by atoms with E-state index in [1.807, 2.05) is 11.4 Å². The van der Waals surface area contributed by atoms with Gasteiger partial charge in [0.2, 0.25) is 11.2 Å². The van der Waals surface area contributed by atoms with E-state index >= 15 is 0 Å². The Labute approximate surface area is 112 Å². The minimum Gasteiger partial charge on any atom is -0.396 e. The van der Waals surface area contributed by atoms with E-state index in [9.17, 15) is 4.79 Å². The number of fused-ring (bicyclic) bond motifs is 1. The molecule has 0 aliphatic carbocycles. The van der Waals surface area contributed by atoms with E-state index in [1.165, 1.54) is 11.3 Å². The van der Waals surface area contributed by atoms with Gasteiger partial charge < -0.3 is 5.11 Å². The lowest BCUT2D eigenvalue weighted by molar-refractivity contribution is -0.117. The summed E-state index contributed by atoms with van der Waals surface area (Å²) in [6.07, 6.45) is 0.352. The fraction of sp³-hybridized carbons (Fsp3) is 0.364. The first-order valence-electron chi connectivity index (χ1n) is 5.51. The van der Waals surface area contributed by atoms with E-state index in [0.29, 0.717) is 18.8 Å². The van der Waals surface area contributed by atoms with Gasteiger partial charge in [-0.15, -0.1) is 11.3 Å². The molecule has 0 spiro atoms. The van der Waals surface area contributed by atoms with E-state index in [0.717, 1.165) is 10.2 Å². The van der Waals surface area contributed by atoms with Crippen LogP contribution in [0.2, 0.25) is 5.28 Å². The summed E-state index contributed by atoms with van der Waals surface area (Å²) in [6, 6.07) is 1.85. The van der Waals surface area contributed by atoms with E-state index in [2.05, 4.69) is 9.97 Å². The average molecular weight is 284 g/mol. The number of aromatic nitrogens is 2. The summed E-state index contributed by atoms with van der Waals surface area (Å²) in [7, 11) is 0. The molecule has 0 saturated carbocycles. The number of halogens is 1. The minimum absolute atomic E-state index is 0.00857. The number of aliphatic hydroxyl groups excluding tert-OH is 1. The van der Waals surface area contributed by atoms with Crippen LogP contribution in [0.1, 0.15) is 6.42 Å². The Morgan fingerprint density at radius 2 is 2.39 bits per heavy atom. The molecule has 1 N–H and O–H groups in total. The quantitative estimate of drug-likeness (QED) is 0.852. The van der Waals surface area contributed by atoms with Gasteiger partial charge in [-0.2, -0.15) is 4.98 Å². The molecule has 1 amide bonds. The van der Waals surface area contributed by atoms with Crippen molar-refractivity contribution in [3.8, 4) is 0 Å². The number of carbonyl (C=O) groups excluding carboxylic acids is 1. The molecule has 2 aromatic rings. The fourth-order valence-corrected chi connectivity index (χ4v) is 3.11. The summed E-state index contributed by atoms with van der Waals surface area (Å²) < 4.78 is 0.853. The molecule has 1 unspecified atom stereocenters. The van der Waals surface area contributed by atoms with Crippen LogP contribution in [-0.4, -0.2) is 34.1 Å². The third kappa shape index (κ3) is 1.86. The van der Waals surface area contributed by atoms with Crippen molar-refractivity contribution >= 4 is 44.9 Å². The first-order valence-corrected chi connectivity index (χ1v) is 6.76. The maximum absolute atomic E-state index is 11.9. The van der Waals surface area contributed by atoms with Crippen LogP contribution in [0, 0.1) is 5.92 Å². The Bertz CT molecular complexity index is 615. The molecular formula is C11H10ClN3O2S. The van der Waals surface area contributed by atoms with Crippen LogP contribution >= 0.6 is 22.9 Å². The lowest BCUT2D eigenvalue weighted by Crippen LogP contribution is -2.26. The second-order valence-corrected chi connectivity index (χ2v) is 5.46. The van der Waals surface area contributed by atoms with Crippen LogP contribution in [0.4, 0.5) is 5.82 Å². The van der Waals surface area contributed by atoms with E-state index in [1.54, 1.807) is 4.90 Å². The van der Waals surface area contributed by atoms with Crippen LogP contribution in [0.3, 0.4) is 0 Å². The van der Waals surface area contributed by atoms with Gasteiger partial charge in [-0.1, -0.05) is 0 Å². The third-order valence-corrected chi connectivity index (χ3v) is 4.05. The van der Waals surface area contributed by atoms with E-state index in [4.69, 9.17) is 16.7 Å². The molecule has 7 heteroatoms. The molecule has 2 aromatic heterocycles. The summed E-state index contributed by atoms with van der Waals surface area (Å²) in [6.45, 7) is 0.490. The summed E-state index contributed by atoms with van der Waals surface area (Å²) in [5.74, 6) is 0.501. The molecule has 94 valence electrons. The molecule has 3 rings (SSSR count). The Morgan fingerprint density at radius 3 is 3.11 bits per heavy atom. The Morgan fingerprint density at radius 1 is 1.56 bits per heavy atom. The van der Waals surface area contributed by atoms with Crippen molar-refractivity contribution in [2.75, 3.05) is 18.1 Å². The van der Waals surface area contributed by atoms with Gasteiger partial charge in [-0.25, -0.2) is 4.98 Å². The van der Waals surface area contributed by atoms with Crippen LogP contribution < -0.4 is 4.90 Å². The highest BCUT2D eigenvalue weighted by Crippen LogP contribution is 2.33. The zero-order valence-corrected chi connectivity index (χ0v) is 10.9. The maximum Gasteiger partial charge on any atom is 0.228 e. The van der Waals surface area contributed by atoms with Crippen LogP contribution in [0.25, 0.3) is 10.2 Å². The molecule has 0 aromatic carbocycles. The number of hydrogen-bond donors (Lipinski definition) is 1. The molecule has 1 saturated heterocycles. The van der Waals surface area contributed by atoms with Crippen molar-refractivity contribution in [2.24, 2.45) is 5.92 Å². The summed E-state index contributed by atoms with van der Waals surface area (Å²) in [5, 5.41) is 11.2. The lowest BCUT2D eigenvalue weighted by Gasteiger charge is -2.15. The average Bonchev–Trinajstić information content (AvgIpc) is 2.94. The predicted octanol–water partition coefficient (Wildman–Crippen LogP) is 1.69.